The Kier molecular flexibility index (Phi) is 7.40. The van der Waals surface area contributed by atoms with Gasteiger partial charge in [0, 0.05) is 28.2 Å². The summed E-state index contributed by atoms with van der Waals surface area (Å²) in [5.41, 5.74) is -0.693. The van der Waals surface area contributed by atoms with Gasteiger partial charge in [-0.15, -0.1) is 0 Å². The lowest BCUT2D eigenvalue weighted by Crippen LogP contribution is -2.50. The molecule has 10 heteroatoms. The van der Waals surface area contributed by atoms with Crippen molar-refractivity contribution in [3.8, 4) is 0 Å². The summed E-state index contributed by atoms with van der Waals surface area (Å²) in [4.78, 5) is 36.8. The zero-order valence-corrected chi connectivity index (χ0v) is 17.6. The van der Waals surface area contributed by atoms with Gasteiger partial charge in [-0.3, -0.25) is 14.4 Å². The van der Waals surface area contributed by atoms with Crippen molar-refractivity contribution in [3.63, 3.8) is 0 Å². The highest BCUT2D eigenvalue weighted by Gasteiger charge is 2.31. The monoisotopic (exact) mass is 467 g/mol. The van der Waals surface area contributed by atoms with Crippen molar-refractivity contribution in [1.82, 2.24) is 16.0 Å². The van der Waals surface area contributed by atoms with Gasteiger partial charge in [-0.25, -0.2) is 0 Å². The van der Waals surface area contributed by atoms with Gasteiger partial charge < -0.3 is 16.0 Å². The van der Waals surface area contributed by atoms with E-state index >= 15 is 0 Å². The number of hydrogen-bond donors (Lipinski definition) is 3. The highest BCUT2D eigenvalue weighted by molar-refractivity contribution is 6.30. The van der Waals surface area contributed by atoms with Crippen molar-refractivity contribution < 1.29 is 27.6 Å². The fourth-order valence-corrected chi connectivity index (χ4v) is 3.64. The van der Waals surface area contributed by atoms with Gasteiger partial charge in [-0.05, 0) is 61.7 Å². The Bertz CT molecular complexity index is 996. The molecule has 1 fully saturated rings. The van der Waals surface area contributed by atoms with Crippen molar-refractivity contribution in [1.29, 1.82) is 0 Å². The van der Waals surface area contributed by atoms with Gasteiger partial charge in [0.15, 0.2) is 0 Å². The maximum absolute atomic E-state index is 12.8. The van der Waals surface area contributed by atoms with Gasteiger partial charge in [-0.2, -0.15) is 13.2 Å². The molecule has 170 valence electrons. The van der Waals surface area contributed by atoms with Crippen LogP contribution in [-0.4, -0.2) is 36.3 Å². The topological polar surface area (TPSA) is 87.3 Å². The van der Waals surface area contributed by atoms with Crippen molar-refractivity contribution in [3.05, 3.63) is 70.2 Å². The third kappa shape index (κ3) is 6.23. The van der Waals surface area contributed by atoms with Crippen LogP contribution in [0.1, 0.15) is 45.5 Å². The molecule has 3 N–H and O–H groups in total. The van der Waals surface area contributed by atoms with Gasteiger partial charge in [0.2, 0.25) is 5.91 Å². The number of halogens is 4. The van der Waals surface area contributed by atoms with E-state index in [1.165, 1.54) is 6.07 Å². The summed E-state index contributed by atoms with van der Waals surface area (Å²) >= 11 is 5.83. The van der Waals surface area contributed by atoms with Crippen molar-refractivity contribution in [2.24, 2.45) is 0 Å². The van der Waals surface area contributed by atoms with Gasteiger partial charge in [-0.1, -0.05) is 17.7 Å². The number of carbonyl (C=O) groups excluding carboxylic acids is 3. The first-order chi connectivity index (χ1) is 15.1. The van der Waals surface area contributed by atoms with Crippen LogP contribution in [0.25, 0.3) is 0 Å². The summed E-state index contributed by atoms with van der Waals surface area (Å²) in [6, 6.07) is 9.79. The molecule has 2 atom stereocenters. The van der Waals surface area contributed by atoms with Gasteiger partial charge >= 0.3 is 6.18 Å². The number of benzene rings is 2. The highest BCUT2D eigenvalue weighted by Crippen LogP contribution is 2.29. The Labute approximate surface area is 187 Å². The molecule has 0 aliphatic heterocycles. The van der Waals surface area contributed by atoms with Crippen molar-refractivity contribution in [2.45, 2.75) is 37.5 Å². The highest BCUT2D eigenvalue weighted by atomic mass is 35.5. The molecule has 0 heterocycles. The lowest BCUT2D eigenvalue weighted by atomic mass is 10.1. The molecular formula is C22H21ClF3N3O3. The standard InChI is InChI=1S/C22H21ClF3N3O3/c23-16-9-7-13(8-10-16)21(32)29-18-6-2-5-17(18)28-19(30)12-27-20(31)14-3-1-4-15(11-14)22(24,25)26/h1,3-4,7-11,17-18H,2,5-6,12H2,(H,27,31)(H,28,30)(H,29,32)/t17-,18-/m0/s1. The van der Waals surface area contributed by atoms with E-state index in [2.05, 4.69) is 16.0 Å². The summed E-state index contributed by atoms with van der Waals surface area (Å²) < 4.78 is 38.4. The van der Waals surface area contributed by atoms with E-state index in [0.717, 1.165) is 24.6 Å². The summed E-state index contributed by atoms with van der Waals surface area (Å²) in [6.45, 7) is -0.399. The average molecular weight is 468 g/mol. The third-order valence-electron chi connectivity index (χ3n) is 5.15. The molecule has 0 aromatic heterocycles. The van der Waals surface area contributed by atoms with Crippen LogP contribution in [0.3, 0.4) is 0 Å². The van der Waals surface area contributed by atoms with E-state index in [9.17, 15) is 27.6 Å². The lowest BCUT2D eigenvalue weighted by molar-refractivity contribution is -0.137. The first kappa shape index (κ1) is 23.6. The van der Waals surface area contributed by atoms with E-state index in [1.807, 2.05) is 0 Å². The molecular weight excluding hydrogens is 447 g/mol. The zero-order chi connectivity index (χ0) is 23.3. The molecule has 6 nitrogen and oxygen atoms in total. The Morgan fingerprint density at radius 3 is 2.22 bits per heavy atom. The molecule has 32 heavy (non-hydrogen) atoms. The summed E-state index contributed by atoms with van der Waals surface area (Å²) in [5.74, 6) is -1.57. The van der Waals surface area contributed by atoms with Gasteiger partial charge in [0.25, 0.3) is 11.8 Å². The SMILES string of the molecule is O=C(CNC(=O)c1cccc(C(F)(F)F)c1)N[C@H]1CCC[C@@H]1NC(=O)c1ccc(Cl)cc1. The Morgan fingerprint density at radius 1 is 0.906 bits per heavy atom. The smallest absolute Gasteiger partial charge is 0.350 e. The van der Waals surface area contributed by atoms with E-state index < -0.39 is 30.1 Å². The Hall–Kier alpha value is -3.07. The molecule has 0 saturated heterocycles. The lowest BCUT2D eigenvalue weighted by Gasteiger charge is -2.22. The number of rotatable bonds is 6. The number of hydrogen-bond acceptors (Lipinski definition) is 3. The fraction of sp³-hybridized carbons (Fsp3) is 0.318. The second-order valence-electron chi connectivity index (χ2n) is 7.45. The number of alkyl halides is 3. The summed E-state index contributed by atoms with van der Waals surface area (Å²) in [5, 5.41) is 8.49. The summed E-state index contributed by atoms with van der Waals surface area (Å²) in [6.07, 6.45) is -2.44. The van der Waals surface area contributed by atoms with E-state index in [4.69, 9.17) is 11.6 Å². The summed E-state index contributed by atoms with van der Waals surface area (Å²) in [7, 11) is 0. The van der Waals surface area contributed by atoms with E-state index in [1.54, 1.807) is 24.3 Å². The Balaban J connectivity index is 1.51. The molecule has 2 aromatic rings. The molecule has 3 amide bonds. The number of carbonyl (C=O) groups is 3. The van der Waals surface area contributed by atoms with Crippen molar-refractivity contribution in [2.75, 3.05) is 6.54 Å². The van der Waals surface area contributed by atoms with E-state index in [0.29, 0.717) is 23.4 Å². The minimum absolute atomic E-state index is 0.193. The van der Waals surface area contributed by atoms with Crippen LogP contribution in [0.2, 0.25) is 5.02 Å². The van der Waals surface area contributed by atoms with Crippen LogP contribution in [-0.2, 0) is 11.0 Å². The van der Waals surface area contributed by atoms with Crippen LogP contribution in [0.15, 0.2) is 48.5 Å². The van der Waals surface area contributed by atoms with Crippen LogP contribution < -0.4 is 16.0 Å². The second-order valence-corrected chi connectivity index (χ2v) is 7.89. The molecule has 3 rings (SSSR count). The molecule has 1 aliphatic carbocycles. The van der Waals surface area contributed by atoms with Crippen LogP contribution in [0.4, 0.5) is 13.2 Å². The van der Waals surface area contributed by atoms with Crippen LogP contribution in [0.5, 0.6) is 0 Å². The first-order valence-corrected chi connectivity index (χ1v) is 10.3. The minimum atomic E-state index is -4.57. The molecule has 1 saturated carbocycles. The van der Waals surface area contributed by atoms with Crippen molar-refractivity contribution >= 4 is 29.3 Å². The second kappa shape index (κ2) is 10.0. The molecule has 0 unspecified atom stereocenters. The molecule has 2 aromatic carbocycles. The third-order valence-corrected chi connectivity index (χ3v) is 5.40. The van der Waals surface area contributed by atoms with Gasteiger partial charge in [0.05, 0.1) is 12.1 Å². The van der Waals surface area contributed by atoms with Crippen LogP contribution >= 0.6 is 11.6 Å². The number of amides is 3. The quantitative estimate of drug-likeness (QED) is 0.607. The predicted octanol–water partition coefficient (Wildman–Crippen LogP) is 3.56. The molecule has 0 radical (unpaired) electrons. The number of nitrogens with one attached hydrogen (secondary N) is 3. The largest absolute Gasteiger partial charge is 0.416 e. The van der Waals surface area contributed by atoms with Crippen LogP contribution in [0, 0.1) is 0 Å². The first-order valence-electron chi connectivity index (χ1n) is 9.95. The fourth-order valence-electron chi connectivity index (χ4n) is 3.52. The maximum atomic E-state index is 12.8. The normalized spacial score (nSPS) is 18.1. The molecule has 1 aliphatic rings. The van der Waals surface area contributed by atoms with E-state index in [-0.39, 0.29) is 23.6 Å². The zero-order valence-electron chi connectivity index (χ0n) is 16.8. The average Bonchev–Trinajstić information content (AvgIpc) is 3.18. The molecule has 0 bridgehead atoms. The Morgan fingerprint density at radius 2 is 1.56 bits per heavy atom. The molecule has 0 spiro atoms. The van der Waals surface area contributed by atoms with Gasteiger partial charge in [0.1, 0.15) is 0 Å². The predicted molar refractivity (Wildman–Crippen MR) is 112 cm³/mol. The maximum Gasteiger partial charge on any atom is 0.416 e. The minimum Gasteiger partial charge on any atom is -0.350 e.